The van der Waals surface area contributed by atoms with Crippen molar-refractivity contribution in [3.8, 4) is 0 Å². The molecular formula is C23H31FN4O2. The molecule has 0 fully saturated rings. The van der Waals surface area contributed by atoms with Crippen LogP contribution in [0.3, 0.4) is 0 Å². The van der Waals surface area contributed by atoms with E-state index in [2.05, 4.69) is 16.8 Å². The summed E-state index contributed by atoms with van der Waals surface area (Å²) in [5.74, 6) is -0.473. The van der Waals surface area contributed by atoms with Gasteiger partial charge in [-0.05, 0) is 50.1 Å². The molecule has 0 saturated heterocycles. The number of unbranched alkanes of at least 4 members (excludes halogenated alkanes) is 1. The van der Waals surface area contributed by atoms with Crippen LogP contribution in [0.4, 0.5) is 9.18 Å². The lowest BCUT2D eigenvalue weighted by atomic mass is 9.99. The predicted molar refractivity (Wildman–Crippen MR) is 115 cm³/mol. The summed E-state index contributed by atoms with van der Waals surface area (Å²) in [5, 5.41) is 2.90. The monoisotopic (exact) mass is 414 g/mol. The fourth-order valence-electron chi connectivity index (χ4n) is 3.88. The molecule has 0 bridgehead atoms. The number of aromatic nitrogens is 1. The van der Waals surface area contributed by atoms with Gasteiger partial charge in [0.1, 0.15) is 12.4 Å². The van der Waals surface area contributed by atoms with E-state index in [1.807, 2.05) is 38.2 Å². The van der Waals surface area contributed by atoms with Gasteiger partial charge in [0.15, 0.2) is 0 Å². The number of rotatable bonds is 7. The van der Waals surface area contributed by atoms with E-state index < -0.39 is 0 Å². The Kier molecular flexibility index (Phi) is 7.13. The molecule has 30 heavy (non-hydrogen) atoms. The van der Waals surface area contributed by atoms with E-state index in [1.165, 1.54) is 12.1 Å². The Hall–Kier alpha value is -2.83. The van der Waals surface area contributed by atoms with Crippen molar-refractivity contribution in [2.24, 2.45) is 0 Å². The first-order valence-electron chi connectivity index (χ1n) is 10.7. The van der Waals surface area contributed by atoms with Crippen molar-refractivity contribution in [3.63, 3.8) is 0 Å². The fourth-order valence-corrected chi connectivity index (χ4v) is 3.88. The van der Waals surface area contributed by atoms with E-state index in [1.54, 1.807) is 15.9 Å². The number of nitrogens with zero attached hydrogens (tertiary/aromatic N) is 3. The maximum atomic E-state index is 14.0. The first-order chi connectivity index (χ1) is 14.4. The summed E-state index contributed by atoms with van der Waals surface area (Å²) in [6, 6.07) is 9.57. The summed E-state index contributed by atoms with van der Waals surface area (Å²) in [6.07, 6.45) is 3.87. The molecule has 0 saturated carbocycles. The molecule has 2 heterocycles. The molecule has 1 atom stereocenters. The topological polar surface area (TPSA) is 57.6 Å². The highest BCUT2D eigenvalue weighted by Gasteiger charge is 2.34. The van der Waals surface area contributed by atoms with E-state index >= 15 is 0 Å². The van der Waals surface area contributed by atoms with Gasteiger partial charge in [-0.1, -0.05) is 25.5 Å². The Morgan fingerprint density at radius 3 is 2.73 bits per heavy atom. The smallest absolute Gasteiger partial charge is 0.318 e. The quantitative estimate of drug-likeness (QED) is 0.701. The van der Waals surface area contributed by atoms with Gasteiger partial charge in [0.2, 0.25) is 5.91 Å². The Morgan fingerprint density at radius 2 is 2.03 bits per heavy atom. The standard InChI is InChI=1S/C23H31FN4O2/c1-4-5-11-25-23(30)28(17(2)3)16-21(29)27-14-13-26-12-7-10-20(26)22(27)18-8-6-9-19(24)15-18/h6-10,12,15,17,22H,4-5,11,13-14,16H2,1-3H3,(H,25,30). The highest BCUT2D eigenvalue weighted by atomic mass is 19.1. The number of fused-ring (bicyclic) bond motifs is 1. The van der Waals surface area contributed by atoms with Crippen molar-refractivity contribution in [1.29, 1.82) is 0 Å². The minimum absolute atomic E-state index is 0.0118. The van der Waals surface area contributed by atoms with Gasteiger partial charge in [-0.3, -0.25) is 4.79 Å². The van der Waals surface area contributed by atoms with Crippen molar-refractivity contribution < 1.29 is 14.0 Å². The predicted octanol–water partition coefficient (Wildman–Crippen LogP) is 3.78. The summed E-state index contributed by atoms with van der Waals surface area (Å²) < 4.78 is 16.0. The average molecular weight is 415 g/mol. The largest absolute Gasteiger partial charge is 0.348 e. The van der Waals surface area contributed by atoms with Crippen LogP contribution in [0.5, 0.6) is 0 Å². The number of nitrogens with one attached hydrogen (secondary N) is 1. The molecule has 1 unspecified atom stereocenters. The van der Waals surface area contributed by atoms with Crippen LogP contribution in [0, 0.1) is 5.82 Å². The molecule has 0 spiro atoms. The van der Waals surface area contributed by atoms with Gasteiger partial charge in [0.25, 0.3) is 0 Å². The maximum Gasteiger partial charge on any atom is 0.318 e. The second-order valence-corrected chi connectivity index (χ2v) is 7.98. The molecule has 6 nitrogen and oxygen atoms in total. The van der Waals surface area contributed by atoms with Gasteiger partial charge in [-0.2, -0.15) is 0 Å². The van der Waals surface area contributed by atoms with E-state index in [9.17, 15) is 14.0 Å². The van der Waals surface area contributed by atoms with Crippen LogP contribution in [0.15, 0.2) is 42.6 Å². The summed E-state index contributed by atoms with van der Waals surface area (Å²) >= 11 is 0. The molecule has 3 rings (SSSR count). The SMILES string of the molecule is CCCCNC(=O)N(CC(=O)N1CCn2cccc2C1c1cccc(F)c1)C(C)C. The van der Waals surface area contributed by atoms with Crippen LogP contribution in [-0.4, -0.2) is 52.0 Å². The zero-order chi connectivity index (χ0) is 21.7. The zero-order valence-corrected chi connectivity index (χ0v) is 18.0. The molecule has 1 aliphatic heterocycles. The molecule has 2 aromatic rings. The first-order valence-corrected chi connectivity index (χ1v) is 10.7. The third-order valence-corrected chi connectivity index (χ3v) is 5.52. The Bertz CT molecular complexity index is 880. The van der Waals surface area contributed by atoms with Crippen molar-refractivity contribution in [2.75, 3.05) is 19.6 Å². The maximum absolute atomic E-state index is 14.0. The van der Waals surface area contributed by atoms with E-state index in [-0.39, 0.29) is 36.4 Å². The van der Waals surface area contributed by atoms with Crippen LogP contribution in [0.2, 0.25) is 0 Å². The van der Waals surface area contributed by atoms with Gasteiger partial charge in [-0.25, -0.2) is 9.18 Å². The van der Waals surface area contributed by atoms with Crippen molar-refractivity contribution in [1.82, 2.24) is 19.7 Å². The van der Waals surface area contributed by atoms with Crippen LogP contribution in [0.25, 0.3) is 0 Å². The Balaban J connectivity index is 1.83. The average Bonchev–Trinajstić information content (AvgIpc) is 3.19. The normalized spacial score (nSPS) is 15.8. The number of carbonyl (C=O) groups is 2. The first kappa shape index (κ1) is 21.9. The molecule has 0 radical (unpaired) electrons. The zero-order valence-electron chi connectivity index (χ0n) is 18.0. The highest BCUT2D eigenvalue weighted by Crippen LogP contribution is 2.32. The van der Waals surface area contributed by atoms with Gasteiger partial charge < -0.3 is 19.7 Å². The summed E-state index contributed by atoms with van der Waals surface area (Å²) in [6.45, 7) is 7.62. The minimum atomic E-state index is -0.380. The van der Waals surface area contributed by atoms with Crippen LogP contribution in [-0.2, 0) is 11.3 Å². The third kappa shape index (κ3) is 4.83. The molecule has 1 aromatic carbocycles. The molecule has 1 N–H and O–H groups in total. The number of hydrogen-bond donors (Lipinski definition) is 1. The van der Waals surface area contributed by atoms with Crippen LogP contribution in [0.1, 0.15) is 50.9 Å². The number of amides is 3. The van der Waals surface area contributed by atoms with Gasteiger partial charge >= 0.3 is 6.03 Å². The summed E-state index contributed by atoms with van der Waals surface area (Å²) in [7, 11) is 0. The molecule has 162 valence electrons. The van der Waals surface area contributed by atoms with Gasteiger partial charge in [0, 0.05) is 37.6 Å². The number of hydrogen-bond acceptors (Lipinski definition) is 2. The lowest BCUT2D eigenvalue weighted by Crippen LogP contribution is -2.52. The highest BCUT2D eigenvalue weighted by molar-refractivity contribution is 5.85. The third-order valence-electron chi connectivity index (χ3n) is 5.52. The Labute approximate surface area is 177 Å². The number of benzene rings is 1. The van der Waals surface area contributed by atoms with Crippen LogP contribution < -0.4 is 5.32 Å². The number of carbonyl (C=O) groups excluding carboxylic acids is 2. The molecule has 1 aromatic heterocycles. The Morgan fingerprint density at radius 1 is 1.23 bits per heavy atom. The molecule has 3 amide bonds. The van der Waals surface area contributed by atoms with Crippen molar-refractivity contribution in [2.45, 2.75) is 52.2 Å². The van der Waals surface area contributed by atoms with Crippen molar-refractivity contribution >= 4 is 11.9 Å². The van der Waals surface area contributed by atoms with E-state index in [0.717, 1.165) is 24.1 Å². The van der Waals surface area contributed by atoms with E-state index in [4.69, 9.17) is 0 Å². The van der Waals surface area contributed by atoms with Gasteiger partial charge in [0.05, 0.1) is 6.04 Å². The molecule has 1 aliphatic rings. The summed E-state index contributed by atoms with van der Waals surface area (Å²) in [4.78, 5) is 29.3. The van der Waals surface area contributed by atoms with Crippen LogP contribution >= 0.6 is 0 Å². The second-order valence-electron chi connectivity index (χ2n) is 7.98. The number of halogens is 1. The van der Waals surface area contributed by atoms with Crippen molar-refractivity contribution in [3.05, 3.63) is 59.7 Å². The number of urea groups is 1. The fraction of sp³-hybridized carbons (Fsp3) is 0.478. The summed E-state index contributed by atoms with van der Waals surface area (Å²) in [5.41, 5.74) is 1.68. The molecule has 0 aliphatic carbocycles. The lowest BCUT2D eigenvalue weighted by molar-refractivity contribution is -0.134. The molecule has 7 heteroatoms. The molecular weight excluding hydrogens is 383 g/mol. The minimum Gasteiger partial charge on any atom is -0.348 e. The van der Waals surface area contributed by atoms with Gasteiger partial charge in [-0.15, -0.1) is 0 Å². The lowest BCUT2D eigenvalue weighted by Gasteiger charge is -2.39. The van der Waals surface area contributed by atoms with E-state index in [0.29, 0.717) is 19.6 Å². The second kappa shape index (κ2) is 9.78.